The van der Waals surface area contributed by atoms with E-state index in [2.05, 4.69) is 9.97 Å². The van der Waals surface area contributed by atoms with Crippen LogP contribution < -0.4 is 4.90 Å². The molecule has 6 heteroatoms. The van der Waals surface area contributed by atoms with E-state index < -0.39 is 0 Å². The Balaban J connectivity index is 2.90. The molecule has 1 rings (SSSR count). The molecule has 0 spiro atoms. The van der Waals surface area contributed by atoms with Crippen LogP contribution in [0.5, 0.6) is 0 Å². The molecule has 0 aromatic carbocycles. The number of hydrogen-bond acceptors (Lipinski definition) is 6. The first-order chi connectivity index (χ1) is 8.72. The smallest absolute Gasteiger partial charge is 0.325 e. The average molecular weight is 248 g/mol. The fourth-order valence-electron chi connectivity index (χ4n) is 1.53. The molecule has 18 heavy (non-hydrogen) atoms. The van der Waals surface area contributed by atoms with Crippen LogP contribution in [0.15, 0.2) is 12.4 Å². The van der Waals surface area contributed by atoms with Gasteiger partial charge in [-0.15, -0.1) is 0 Å². The Morgan fingerprint density at radius 1 is 1.44 bits per heavy atom. The Labute approximate surface area is 106 Å². The molecule has 0 atom stereocenters. The first-order valence-electron chi connectivity index (χ1n) is 5.84. The van der Waals surface area contributed by atoms with Crippen LogP contribution in [0.2, 0.25) is 0 Å². The van der Waals surface area contributed by atoms with Crippen LogP contribution >= 0.6 is 0 Å². The average Bonchev–Trinajstić information content (AvgIpc) is 2.38. The van der Waals surface area contributed by atoms with Crippen molar-refractivity contribution in [3.63, 3.8) is 0 Å². The summed E-state index contributed by atoms with van der Waals surface area (Å²) in [4.78, 5) is 21.3. The summed E-state index contributed by atoms with van der Waals surface area (Å²) in [7, 11) is 0. The molecule has 0 radical (unpaired) electrons. The van der Waals surface area contributed by atoms with Crippen molar-refractivity contribution in [2.75, 3.05) is 24.6 Å². The quantitative estimate of drug-likeness (QED) is 0.702. The molecule has 0 N–H and O–H groups in total. The zero-order valence-corrected chi connectivity index (χ0v) is 10.6. The second kappa shape index (κ2) is 7.22. The van der Waals surface area contributed by atoms with Gasteiger partial charge in [-0.3, -0.25) is 4.79 Å². The summed E-state index contributed by atoms with van der Waals surface area (Å²) in [6.07, 6.45) is 3.79. The van der Waals surface area contributed by atoms with Crippen molar-refractivity contribution in [1.82, 2.24) is 9.97 Å². The van der Waals surface area contributed by atoms with Crippen LogP contribution in [0.25, 0.3) is 0 Å². The maximum Gasteiger partial charge on any atom is 0.325 e. The monoisotopic (exact) mass is 248 g/mol. The number of carbonyl (C=O) groups excluding carboxylic acids is 1. The molecule has 1 heterocycles. The molecule has 0 unspecified atom stereocenters. The first-order valence-corrected chi connectivity index (χ1v) is 5.84. The summed E-state index contributed by atoms with van der Waals surface area (Å²) >= 11 is 0. The van der Waals surface area contributed by atoms with Crippen LogP contribution in [0.4, 0.5) is 5.82 Å². The summed E-state index contributed by atoms with van der Waals surface area (Å²) in [5.74, 6) is 0.0930. The van der Waals surface area contributed by atoms with Crippen molar-refractivity contribution < 1.29 is 9.53 Å². The van der Waals surface area contributed by atoms with Crippen LogP contribution in [0.1, 0.15) is 26.0 Å². The molecule has 1 aromatic heterocycles. The third-order valence-electron chi connectivity index (χ3n) is 2.20. The predicted octanol–water partition coefficient (Wildman–Crippen LogP) is 1.13. The minimum Gasteiger partial charge on any atom is -0.465 e. The first kappa shape index (κ1) is 13.9. The van der Waals surface area contributed by atoms with E-state index in [-0.39, 0.29) is 18.2 Å². The van der Waals surface area contributed by atoms with Gasteiger partial charge in [0.25, 0.3) is 0 Å². The number of ether oxygens (including phenoxy) is 1. The van der Waals surface area contributed by atoms with E-state index in [9.17, 15) is 4.79 Å². The number of esters is 1. The van der Waals surface area contributed by atoms with E-state index in [1.54, 1.807) is 11.8 Å². The van der Waals surface area contributed by atoms with Crippen molar-refractivity contribution in [1.29, 1.82) is 5.26 Å². The molecule has 0 saturated heterocycles. The van der Waals surface area contributed by atoms with E-state index in [0.29, 0.717) is 19.0 Å². The van der Waals surface area contributed by atoms with Gasteiger partial charge in [0.1, 0.15) is 12.6 Å². The highest BCUT2D eigenvalue weighted by atomic mass is 16.5. The van der Waals surface area contributed by atoms with E-state index >= 15 is 0 Å². The van der Waals surface area contributed by atoms with E-state index in [0.717, 1.165) is 6.42 Å². The highest BCUT2D eigenvalue weighted by molar-refractivity contribution is 5.75. The fourth-order valence-corrected chi connectivity index (χ4v) is 1.53. The summed E-state index contributed by atoms with van der Waals surface area (Å²) < 4.78 is 4.90. The van der Waals surface area contributed by atoms with Crippen molar-refractivity contribution in [3.05, 3.63) is 18.1 Å². The van der Waals surface area contributed by atoms with Gasteiger partial charge in [0.2, 0.25) is 0 Å². The molecular formula is C12H16N4O2. The van der Waals surface area contributed by atoms with Crippen molar-refractivity contribution in [3.8, 4) is 6.07 Å². The summed E-state index contributed by atoms with van der Waals surface area (Å²) in [5.41, 5.74) is 0.218. The van der Waals surface area contributed by atoms with Gasteiger partial charge in [0, 0.05) is 18.9 Å². The van der Waals surface area contributed by atoms with Crippen LogP contribution in [0.3, 0.4) is 0 Å². The van der Waals surface area contributed by atoms with Crippen LogP contribution in [-0.4, -0.2) is 35.6 Å². The number of nitrogens with zero attached hydrogens (tertiary/aromatic N) is 4. The molecular weight excluding hydrogens is 232 g/mol. The third-order valence-corrected chi connectivity index (χ3v) is 2.20. The van der Waals surface area contributed by atoms with Crippen molar-refractivity contribution >= 4 is 11.8 Å². The van der Waals surface area contributed by atoms with E-state index in [1.807, 2.05) is 13.0 Å². The molecule has 0 amide bonds. The molecule has 0 aliphatic carbocycles. The van der Waals surface area contributed by atoms with E-state index in [4.69, 9.17) is 10.00 Å². The molecule has 96 valence electrons. The molecule has 0 aliphatic heterocycles. The lowest BCUT2D eigenvalue weighted by atomic mass is 10.3. The lowest BCUT2D eigenvalue weighted by Crippen LogP contribution is -2.33. The van der Waals surface area contributed by atoms with Gasteiger partial charge >= 0.3 is 5.97 Å². The Bertz CT molecular complexity index is 442. The van der Waals surface area contributed by atoms with Crippen molar-refractivity contribution in [2.45, 2.75) is 20.3 Å². The van der Waals surface area contributed by atoms with Gasteiger partial charge in [0.05, 0.1) is 6.61 Å². The van der Waals surface area contributed by atoms with Crippen LogP contribution in [0, 0.1) is 11.3 Å². The highest BCUT2D eigenvalue weighted by Gasteiger charge is 2.16. The topological polar surface area (TPSA) is 79.1 Å². The minimum atomic E-state index is -0.333. The van der Waals surface area contributed by atoms with Crippen LogP contribution in [-0.2, 0) is 9.53 Å². The largest absolute Gasteiger partial charge is 0.465 e. The second-order valence-electron chi connectivity index (χ2n) is 3.57. The SMILES string of the molecule is CCCN(CC(=O)OCC)c1nccnc1C#N. The van der Waals surface area contributed by atoms with Gasteiger partial charge in [-0.1, -0.05) is 6.92 Å². The zero-order valence-electron chi connectivity index (χ0n) is 10.6. The molecule has 0 saturated carbocycles. The fraction of sp³-hybridized carbons (Fsp3) is 0.500. The minimum absolute atomic E-state index is 0.0784. The Morgan fingerprint density at radius 2 is 2.17 bits per heavy atom. The second-order valence-corrected chi connectivity index (χ2v) is 3.57. The van der Waals surface area contributed by atoms with Gasteiger partial charge in [-0.25, -0.2) is 9.97 Å². The summed E-state index contributed by atoms with van der Waals surface area (Å²) in [6, 6.07) is 1.97. The number of nitriles is 1. The molecule has 6 nitrogen and oxygen atoms in total. The number of anilines is 1. The molecule has 1 aromatic rings. The summed E-state index contributed by atoms with van der Waals surface area (Å²) in [5, 5.41) is 8.98. The Hall–Kier alpha value is -2.16. The zero-order chi connectivity index (χ0) is 13.4. The number of carbonyl (C=O) groups is 1. The predicted molar refractivity (Wildman–Crippen MR) is 65.9 cm³/mol. The third kappa shape index (κ3) is 3.70. The maximum atomic E-state index is 11.5. The number of hydrogen-bond donors (Lipinski definition) is 0. The molecule has 0 bridgehead atoms. The number of rotatable bonds is 6. The Morgan fingerprint density at radius 3 is 2.78 bits per heavy atom. The van der Waals surface area contributed by atoms with Gasteiger partial charge in [-0.05, 0) is 13.3 Å². The van der Waals surface area contributed by atoms with Crippen molar-refractivity contribution in [2.24, 2.45) is 0 Å². The van der Waals surface area contributed by atoms with Gasteiger partial charge < -0.3 is 9.64 Å². The number of aromatic nitrogens is 2. The lowest BCUT2D eigenvalue weighted by Gasteiger charge is -2.22. The normalized spacial score (nSPS) is 9.61. The van der Waals surface area contributed by atoms with E-state index in [1.165, 1.54) is 12.4 Å². The lowest BCUT2D eigenvalue weighted by molar-refractivity contribution is -0.141. The molecule has 0 fully saturated rings. The Kier molecular flexibility index (Phi) is 5.58. The standard InChI is InChI=1S/C12H16N4O2/c1-3-7-16(9-11(17)18-4-2)12-10(8-13)14-5-6-15-12/h5-6H,3-4,7,9H2,1-2H3. The highest BCUT2D eigenvalue weighted by Crippen LogP contribution is 2.14. The van der Waals surface area contributed by atoms with Gasteiger partial charge in [-0.2, -0.15) is 5.26 Å². The maximum absolute atomic E-state index is 11.5. The summed E-state index contributed by atoms with van der Waals surface area (Å²) in [6.45, 7) is 4.78. The molecule has 0 aliphatic rings. The van der Waals surface area contributed by atoms with Gasteiger partial charge in [0.15, 0.2) is 11.5 Å².